The molecule has 1 fully saturated rings. The lowest BCUT2D eigenvalue weighted by Gasteiger charge is -2.60. The highest BCUT2D eigenvalue weighted by Crippen LogP contribution is 2.58. The van der Waals surface area contributed by atoms with E-state index in [9.17, 15) is 20.3 Å². The number of aryl methyl sites for hydroxylation is 1. The molecule has 44 heavy (non-hydrogen) atoms. The van der Waals surface area contributed by atoms with Crippen LogP contribution in [0.1, 0.15) is 55.8 Å². The van der Waals surface area contributed by atoms with Crippen molar-refractivity contribution in [2.75, 3.05) is 27.5 Å². The number of phenols is 2. The van der Waals surface area contributed by atoms with E-state index in [-0.39, 0.29) is 53.7 Å². The molecule has 7 rings (SSSR count). The van der Waals surface area contributed by atoms with Gasteiger partial charge in [-0.2, -0.15) is 5.26 Å². The first kappa shape index (κ1) is 28.5. The van der Waals surface area contributed by atoms with Crippen molar-refractivity contribution in [3.63, 3.8) is 0 Å². The summed E-state index contributed by atoms with van der Waals surface area (Å²) < 4.78 is 17.4. The zero-order chi connectivity index (χ0) is 31.0. The Labute approximate surface area is 259 Å². The number of ether oxygens (including phenoxy) is 3. The number of aromatic hydroxyl groups is 2. The molecule has 2 aromatic carbocycles. The van der Waals surface area contributed by atoms with Gasteiger partial charge in [0, 0.05) is 47.1 Å². The standard InChI is InChI=1S/C32H32ClN5O6/c1-14-8-16-9-19-21(11-34)38-20(25(37(19)3)23(16)27(40)28(14)42-4)10-18-24(30-29(43-13-44-30)15(2)26(18)39)22(38)12-36-32(41)17-6-5-7-35-31(17)33/h5-8,19-22,25,39-40H,9-10,12-13H2,1-4H3,(H,36,41)/t19-,20?,21-,22-,25-/m0/s1. The Morgan fingerprint density at radius 3 is 2.70 bits per heavy atom. The second kappa shape index (κ2) is 10.4. The minimum atomic E-state index is -0.586. The lowest BCUT2D eigenvalue weighted by atomic mass is 9.71. The molecule has 1 aromatic heterocycles. The second-order valence-electron chi connectivity index (χ2n) is 11.8. The number of pyridine rings is 1. The number of likely N-dealkylation sites (N-methyl/N-ethyl adjacent to an activating group) is 1. The number of nitriles is 1. The van der Waals surface area contributed by atoms with Gasteiger partial charge in [0.1, 0.15) is 16.9 Å². The van der Waals surface area contributed by atoms with E-state index < -0.39 is 18.0 Å². The van der Waals surface area contributed by atoms with E-state index in [0.29, 0.717) is 46.8 Å². The van der Waals surface area contributed by atoms with Crippen molar-refractivity contribution >= 4 is 17.5 Å². The molecular weight excluding hydrogens is 586 g/mol. The summed E-state index contributed by atoms with van der Waals surface area (Å²) in [6, 6.07) is 5.77. The van der Waals surface area contributed by atoms with Crippen LogP contribution in [0.2, 0.25) is 5.15 Å². The Hall–Kier alpha value is -4.24. The predicted molar refractivity (Wildman–Crippen MR) is 159 cm³/mol. The van der Waals surface area contributed by atoms with Gasteiger partial charge < -0.3 is 29.7 Å². The molecule has 4 aliphatic heterocycles. The molecule has 1 unspecified atom stereocenters. The molecule has 0 aliphatic carbocycles. The van der Waals surface area contributed by atoms with E-state index in [1.54, 1.807) is 19.1 Å². The average molecular weight is 618 g/mol. The van der Waals surface area contributed by atoms with Crippen molar-refractivity contribution in [3.05, 3.63) is 68.5 Å². The van der Waals surface area contributed by atoms with E-state index in [1.165, 1.54) is 13.3 Å². The van der Waals surface area contributed by atoms with Crippen molar-refractivity contribution in [3.8, 4) is 34.8 Å². The van der Waals surface area contributed by atoms with E-state index in [0.717, 1.165) is 16.7 Å². The number of hydrogen-bond acceptors (Lipinski definition) is 10. The maximum Gasteiger partial charge on any atom is 0.254 e. The van der Waals surface area contributed by atoms with Gasteiger partial charge in [0.05, 0.1) is 30.8 Å². The molecule has 0 radical (unpaired) electrons. The van der Waals surface area contributed by atoms with Crippen LogP contribution >= 0.6 is 11.6 Å². The molecule has 3 aromatic rings. The van der Waals surface area contributed by atoms with Crippen molar-refractivity contribution in [2.24, 2.45) is 0 Å². The summed E-state index contributed by atoms with van der Waals surface area (Å²) in [7, 11) is 3.52. The van der Waals surface area contributed by atoms with Gasteiger partial charge in [-0.1, -0.05) is 17.7 Å². The smallest absolute Gasteiger partial charge is 0.254 e. The largest absolute Gasteiger partial charge is 0.507 e. The van der Waals surface area contributed by atoms with Crippen LogP contribution in [-0.4, -0.2) is 76.5 Å². The second-order valence-corrected chi connectivity index (χ2v) is 12.2. The van der Waals surface area contributed by atoms with Crippen LogP contribution in [0.4, 0.5) is 0 Å². The maximum atomic E-state index is 13.4. The lowest BCUT2D eigenvalue weighted by Crippen LogP contribution is -2.68. The monoisotopic (exact) mass is 617 g/mol. The number of phenolic OH excluding ortho intramolecular Hbond substituents is 2. The quantitative estimate of drug-likeness (QED) is 0.371. The predicted octanol–water partition coefficient (Wildman–Crippen LogP) is 3.70. The van der Waals surface area contributed by atoms with Crippen molar-refractivity contribution in [1.29, 1.82) is 5.26 Å². The van der Waals surface area contributed by atoms with E-state index in [2.05, 4.69) is 26.2 Å². The summed E-state index contributed by atoms with van der Waals surface area (Å²) in [5.74, 6) is 1.14. The lowest BCUT2D eigenvalue weighted by molar-refractivity contribution is -0.0721. The van der Waals surface area contributed by atoms with Crippen molar-refractivity contribution < 1.29 is 29.2 Å². The van der Waals surface area contributed by atoms with Gasteiger partial charge in [-0.05, 0) is 57.0 Å². The van der Waals surface area contributed by atoms with Crippen LogP contribution in [0.5, 0.6) is 28.7 Å². The summed E-state index contributed by atoms with van der Waals surface area (Å²) in [6.07, 6.45) is 2.42. The zero-order valence-electron chi connectivity index (χ0n) is 24.7. The number of fused-ring (bicyclic) bond motifs is 9. The molecule has 11 nitrogen and oxygen atoms in total. The van der Waals surface area contributed by atoms with Gasteiger partial charge in [-0.15, -0.1) is 0 Å². The molecule has 1 amide bonds. The van der Waals surface area contributed by atoms with Crippen LogP contribution in [0.15, 0.2) is 24.4 Å². The fraction of sp³-hybridized carbons (Fsp3) is 0.406. The van der Waals surface area contributed by atoms with E-state index in [4.69, 9.17) is 25.8 Å². The Morgan fingerprint density at radius 1 is 1.20 bits per heavy atom. The molecule has 5 atom stereocenters. The molecule has 228 valence electrons. The van der Waals surface area contributed by atoms with Gasteiger partial charge in [0.15, 0.2) is 23.0 Å². The Morgan fingerprint density at radius 2 is 1.98 bits per heavy atom. The van der Waals surface area contributed by atoms with E-state index in [1.807, 2.05) is 20.0 Å². The first-order valence-electron chi connectivity index (χ1n) is 14.5. The number of amides is 1. The van der Waals surface area contributed by atoms with Gasteiger partial charge >= 0.3 is 0 Å². The zero-order valence-corrected chi connectivity index (χ0v) is 25.5. The van der Waals surface area contributed by atoms with Crippen LogP contribution in [0, 0.1) is 25.2 Å². The number of nitrogens with zero attached hydrogens (tertiary/aromatic N) is 4. The number of piperazine rings is 1. The number of methoxy groups -OCH3 is 1. The SMILES string of the molecule is COc1c(C)cc2c(c1O)[C@@H]1C3Cc4c(O)c(C)c5c(c4[C@H](CNC(=O)c4cccnc4Cl)N3[C@@H](C#N)[C@H](C2)N1C)OCO5. The Balaban J connectivity index is 1.41. The molecule has 12 heteroatoms. The minimum absolute atomic E-state index is 0.00404. The molecule has 1 saturated heterocycles. The normalized spacial score (nSPS) is 25.0. The topological polar surface area (TPSA) is 140 Å². The minimum Gasteiger partial charge on any atom is -0.507 e. The highest BCUT2D eigenvalue weighted by atomic mass is 35.5. The molecule has 2 bridgehead atoms. The number of hydrogen-bond donors (Lipinski definition) is 3. The summed E-state index contributed by atoms with van der Waals surface area (Å²) in [4.78, 5) is 21.7. The van der Waals surface area contributed by atoms with Crippen LogP contribution in [0.3, 0.4) is 0 Å². The van der Waals surface area contributed by atoms with Gasteiger partial charge in [-0.25, -0.2) is 4.98 Å². The van der Waals surface area contributed by atoms with Crippen molar-refractivity contribution in [2.45, 2.75) is 56.9 Å². The Bertz CT molecular complexity index is 1760. The molecule has 3 N–H and O–H groups in total. The maximum absolute atomic E-state index is 13.4. The molecule has 4 aliphatic rings. The molecule has 0 spiro atoms. The first-order valence-corrected chi connectivity index (χ1v) is 14.9. The number of carbonyl (C=O) groups is 1. The summed E-state index contributed by atoms with van der Waals surface area (Å²) in [5, 5.41) is 37.0. The highest BCUT2D eigenvalue weighted by molar-refractivity contribution is 6.32. The van der Waals surface area contributed by atoms with Crippen LogP contribution < -0.4 is 19.5 Å². The van der Waals surface area contributed by atoms with Gasteiger partial charge in [0.2, 0.25) is 6.79 Å². The fourth-order valence-corrected chi connectivity index (χ4v) is 8.09. The van der Waals surface area contributed by atoms with Gasteiger partial charge in [0.25, 0.3) is 5.91 Å². The third kappa shape index (κ3) is 3.94. The highest BCUT2D eigenvalue weighted by Gasteiger charge is 2.56. The van der Waals surface area contributed by atoms with Crippen LogP contribution in [0.25, 0.3) is 0 Å². The van der Waals surface area contributed by atoms with Gasteiger partial charge in [-0.3, -0.25) is 14.6 Å². The number of benzene rings is 2. The summed E-state index contributed by atoms with van der Waals surface area (Å²) in [5.41, 5.74) is 4.69. The number of rotatable bonds is 4. The number of carbonyl (C=O) groups excluding carboxylic acids is 1. The first-order chi connectivity index (χ1) is 21.2. The van der Waals surface area contributed by atoms with E-state index >= 15 is 0 Å². The number of halogens is 1. The third-order valence-corrected chi connectivity index (χ3v) is 10.1. The number of aromatic nitrogens is 1. The van der Waals surface area contributed by atoms with Crippen LogP contribution in [-0.2, 0) is 12.8 Å². The molecular formula is C32H32ClN5O6. The third-order valence-electron chi connectivity index (χ3n) is 9.75. The Kier molecular flexibility index (Phi) is 6.77. The molecule has 0 saturated carbocycles. The fourth-order valence-electron chi connectivity index (χ4n) is 7.88. The average Bonchev–Trinajstić information content (AvgIpc) is 3.49. The number of nitrogens with one attached hydrogen (secondary N) is 1. The van der Waals surface area contributed by atoms with Crippen molar-refractivity contribution in [1.82, 2.24) is 20.1 Å². The molecule has 5 heterocycles. The summed E-state index contributed by atoms with van der Waals surface area (Å²) >= 11 is 6.24. The summed E-state index contributed by atoms with van der Waals surface area (Å²) in [6.45, 7) is 3.76.